The van der Waals surface area contributed by atoms with Crippen LogP contribution in [0.2, 0.25) is 5.02 Å². The molecule has 0 bridgehead atoms. The second-order valence-electron chi connectivity index (χ2n) is 5.89. The highest BCUT2D eigenvalue weighted by Gasteiger charge is 2.29. The lowest BCUT2D eigenvalue weighted by Crippen LogP contribution is -2.22. The van der Waals surface area contributed by atoms with E-state index < -0.39 is 0 Å². The Labute approximate surface area is 173 Å². The van der Waals surface area contributed by atoms with Gasteiger partial charge in [0.25, 0.3) is 5.91 Å². The van der Waals surface area contributed by atoms with Gasteiger partial charge in [-0.2, -0.15) is 0 Å². The van der Waals surface area contributed by atoms with Gasteiger partial charge in [0.05, 0.1) is 4.91 Å². The summed E-state index contributed by atoms with van der Waals surface area (Å²) in [7, 11) is 1.66. The maximum Gasteiger partial charge on any atom is 0.265 e. The molecule has 0 atom stereocenters. The van der Waals surface area contributed by atoms with E-state index in [0.29, 0.717) is 33.2 Å². The first kappa shape index (κ1) is 19.7. The van der Waals surface area contributed by atoms with Gasteiger partial charge in [-0.1, -0.05) is 53.8 Å². The van der Waals surface area contributed by atoms with E-state index in [0.717, 1.165) is 16.9 Å². The molecular weight excluding hydrogens is 402 g/mol. The van der Waals surface area contributed by atoms with Gasteiger partial charge < -0.3 is 9.47 Å². The molecule has 7 heteroatoms. The van der Waals surface area contributed by atoms with Crippen LogP contribution < -0.4 is 9.47 Å². The molecule has 4 nitrogen and oxygen atoms in total. The summed E-state index contributed by atoms with van der Waals surface area (Å²) in [4.78, 5) is 14.2. The zero-order valence-corrected chi connectivity index (χ0v) is 17.3. The molecule has 0 aliphatic carbocycles. The summed E-state index contributed by atoms with van der Waals surface area (Å²) in [6.45, 7) is 2.77. The first-order valence-corrected chi connectivity index (χ1v) is 9.88. The summed E-state index contributed by atoms with van der Waals surface area (Å²) in [5.74, 6) is 1.34. The first-order valence-electron chi connectivity index (χ1n) is 8.28. The summed E-state index contributed by atoms with van der Waals surface area (Å²) in [6, 6.07) is 13.1. The van der Waals surface area contributed by atoms with Crippen molar-refractivity contribution in [1.82, 2.24) is 4.90 Å². The Morgan fingerprint density at radius 3 is 2.52 bits per heavy atom. The largest absolute Gasteiger partial charge is 0.490 e. The van der Waals surface area contributed by atoms with Gasteiger partial charge in [0.2, 0.25) is 0 Å². The summed E-state index contributed by atoms with van der Waals surface area (Å²) in [6.07, 6.45) is 1.76. The molecule has 0 unspecified atom stereocenters. The first-order chi connectivity index (χ1) is 13.0. The van der Waals surface area contributed by atoms with Crippen LogP contribution in [-0.2, 0) is 4.79 Å². The highest BCUT2D eigenvalue weighted by atomic mass is 35.5. The second kappa shape index (κ2) is 8.78. The van der Waals surface area contributed by atoms with Crippen LogP contribution in [-0.4, -0.2) is 35.4 Å². The third kappa shape index (κ3) is 4.83. The number of aryl methyl sites for hydroxylation is 1. The molecule has 140 valence electrons. The van der Waals surface area contributed by atoms with Crippen molar-refractivity contribution in [2.45, 2.75) is 6.92 Å². The number of benzene rings is 2. The number of amides is 1. The molecule has 0 spiro atoms. The van der Waals surface area contributed by atoms with Crippen LogP contribution >= 0.6 is 35.6 Å². The van der Waals surface area contributed by atoms with Crippen LogP contribution in [0, 0.1) is 6.92 Å². The normalized spacial score (nSPS) is 15.5. The predicted octanol–water partition coefficient (Wildman–Crippen LogP) is 4.94. The van der Waals surface area contributed by atoms with E-state index in [9.17, 15) is 4.79 Å². The van der Waals surface area contributed by atoms with Gasteiger partial charge in [-0.05, 0) is 42.8 Å². The highest BCUT2D eigenvalue weighted by Crippen LogP contribution is 2.34. The topological polar surface area (TPSA) is 38.8 Å². The smallest absolute Gasteiger partial charge is 0.265 e. The summed E-state index contributed by atoms with van der Waals surface area (Å²) in [5, 5.41) is 0.566. The predicted molar refractivity (Wildman–Crippen MR) is 115 cm³/mol. The van der Waals surface area contributed by atoms with E-state index in [2.05, 4.69) is 0 Å². The number of para-hydroxylation sites is 1. The molecule has 2 aromatic rings. The molecule has 0 saturated carbocycles. The second-order valence-corrected chi connectivity index (χ2v) is 8.00. The monoisotopic (exact) mass is 419 g/mol. The minimum atomic E-state index is -0.126. The van der Waals surface area contributed by atoms with Crippen LogP contribution in [0.5, 0.6) is 11.5 Å². The third-order valence-electron chi connectivity index (χ3n) is 3.94. The average molecular weight is 420 g/mol. The number of hydrogen-bond acceptors (Lipinski definition) is 5. The van der Waals surface area contributed by atoms with E-state index in [1.165, 1.54) is 16.7 Å². The SMILES string of the molecule is Cc1ccccc1OCCOc1ccc(Cl)cc1C=C1SC(=S)N(C)C1=O. The van der Waals surface area contributed by atoms with Crippen molar-refractivity contribution in [2.24, 2.45) is 0 Å². The number of hydrogen-bond donors (Lipinski definition) is 0. The van der Waals surface area contributed by atoms with Gasteiger partial charge in [0.1, 0.15) is 29.0 Å². The van der Waals surface area contributed by atoms with Crippen molar-refractivity contribution in [2.75, 3.05) is 20.3 Å². The number of carbonyl (C=O) groups excluding carboxylic acids is 1. The molecule has 27 heavy (non-hydrogen) atoms. The molecule has 1 saturated heterocycles. The van der Waals surface area contributed by atoms with Crippen molar-refractivity contribution in [3.05, 3.63) is 63.5 Å². The van der Waals surface area contributed by atoms with Crippen LogP contribution in [0.15, 0.2) is 47.4 Å². The molecule has 1 fully saturated rings. The maximum absolute atomic E-state index is 12.2. The van der Waals surface area contributed by atoms with Crippen molar-refractivity contribution in [1.29, 1.82) is 0 Å². The molecule has 0 radical (unpaired) electrons. The molecule has 0 N–H and O–H groups in total. The number of rotatable bonds is 6. The lowest BCUT2D eigenvalue weighted by molar-refractivity contribution is -0.121. The Morgan fingerprint density at radius 1 is 1.15 bits per heavy atom. The van der Waals surface area contributed by atoms with Gasteiger partial charge in [-0.25, -0.2) is 0 Å². The standard InChI is InChI=1S/C20H18ClNO3S2/c1-13-5-3-4-6-16(13)24-9-10-25-17-8-7-15(21)11-14(17)12-18-19(23)22(2)20(26)27-18/h3-8,11-12H,9-10H2,1-2H3. The maximum atomic E-state index is 12.2. The molecule has 2 aromatic carbocycles. The van der Waals surface area contributed by atoms with Crippen molar-refractivity contribution in [3.63, 3.8) is 0 Å². The number of thioether (sulfide) groups is 1. The van der Waals surface area contributed by atoms with Gasteiger partial charge in [-0.3, -0.25) is 9.69 Å². The van der Waals surface area contributed by atoms with Crippen molar-refractivity contribution in [3.8, 4) is 11.5 Å². The number of nitrogens with zero attached hydrogens (tertiary/aromatic N) is 1. The van der Waals surface area contributed by atoms with Gasteiger partial charge >= 0.3 is 0 Å². The number of ether oxygens (including phenoxy) is 2. The van der Waals surface area contributed by atoms with Crippen molar-refractivity contribution < 1.29 is 14.3 Å². The van der Waals surface area contributed by atoms with Gasteiger partial charge in [0.15, 0.2) is 0 Å². The lowest BCUT2D eigenvalue weighted by Gasteiger charge is -2.12. The lowest BCUT2D eigenvalue weighted by atomic mass is 10.2. The molecule has 1 heterocycles. The fourth-order valence-corrected chi connectivity index (χ4v) is 3.82. The van der Waals surface area contributed by atoms with E-state index in [-0.39, 0.29) is 5.91 Å². The average Bonchev–Trinajstić information content (AvgIpc) is 2.88. The molecule has 3 rings (SSSR count). The molecule has 1 aliphatic rings. The Hall–Kier alpha value is -2.02. The minimum absolute atomic E-state index is 0.126. The fraction of sp³-hybridized carbons (Fsp3) is 0.200. The van der Waals surface area contributed by atoms with E-state index in [1.807, 2.05) is 31.2 Å². The number of carbonyl (C=O) groups is 1. The fourth-order valence-electron chi connectivity index (χ4n) is 2.47. The Balaban J connectivity index is 1.69. The zero-order valence-electron chi connectivity index (χ0n) is 14.9. The minimum Gasteiger partial charge on any atom is -0.490 e. The summed E-state index contributed by atoms with van der Waals surface area (Å²) in [5.41, 5.74) is 1.80. The van der Waals surface area contributed by atoms with E-state index in [1.54, 1.807) is 31.3 Å². The van der Waals surface area contributed by atoms with Gasteiger partial charge in [-0.15, -0.1) is 0 Å². The van der Waals surface area contributed by atoms with Gasteiger partial charge in [0, 0.05) is 17.6 Å². The molecule has 0 aromatic heterocycles. The number of likely N-dealkylation sites (N-methyl/N-ethyl adjacent to an activating group) is 1. The Kier molecular flexibility index (Phi) is 6.42. The quantitative estimate of drug-likeness (QED) is 0.377. The van der Waals surface area contributed by atoms with Crippen LogP contribution in [0.25, 0.3) is 6.08 Å². The van der Waals surface area contributed by atoms with E-state index in [4.69, 9.17) is 33.3 Å². The molecule has 1 aliphatic heterocycles. The molecular formula is C20H18ClNO3S2. The summed E-state index contributed by atoms with van der Waals surface area (Å²) < 4.78 is 12.1. The number of thiocarbonyl (C=S) groups is 1. The summed E-state index contributed by atoms with van der Waals surface area (Å²) >= 11 is 12.5. The van der Waals surface area contributed by atoms with Crippen LogP contribution in [0.1, 0.15) is 11.1 Å². The van der Waals surface area contributed by atoms with E-state index >= 15 is 0 Å². The molecule has 1 amide bonds. The van der Waals surface area contributed by atoms with Crippen molar-refractivity contribution >= 4 is 51.9 Å². The Morgan fingerprint density at radius 2 is 1.85 bits per heavy atom. The van der Waals surface area contributed by atoms with Crippen LogP contribution in [0.3, 0.4) is 0 Å². The number of halogens is 1. The Bertz CT molecular complexity index is 914. The van der Waals surface area contributed by atoms with Crippen LogP contribution in [0.4, 0.5) is 0 Å². The third-order valence-corrected chi connectivity index (χ3v) is 5.66. The highest BCUT2D eigenvalue weighted by molar-refractivity contribution is 8.26. The zero-order chi connectivity index (χ0) is 19.4.